The molecule has 0 aliphatic heterocycles. The second-order valence-electron chi connectivity index (χ2n) is 2.27. The van der Waals surface area contributed by atoms with E-state index in [-0.39, 0.29) is 0 Å². The molecule has 1 rings (SSSR count). The van der Waals surface area contributed by atoms with Gasteiger partial charge in [0.2, 0.25) is 5.88 Å². The fraction of sp³-hybridized carbons (Fsp3) is 0.143. The molecule has 0 bridgehead atoms. The normalized spacial score (nSPS) is 10.9. The number of nitriles is 1. The third-order valence-electron chi connectivity index (χ3n) is 1.21. The van der Waals surface area contributed by atoms with Crippen molar-refractivity contribution in [3.05, 3.63) is 22.1 Å². The Morgan fingerprint density at radius 2 is 2.07 bits per heavy atom. The Morgan fingerprint density at radius 3 is 2.53 bits per heavy atom. The Labute approximate surface area is 89.4 Å². The minimum atomic E-state index is -4.99. The summed E-state index contributed by atoms with van der Waals surface area (Å²) in [5, 5.41) is 8.34. The molecule has 1 heterocycles. The number of halogens is 5. The second kappa shape index (κ2) is 4.02. The van der Waals surface area contributed by atoms with E-state index in [1.165, 1.54) is 6.07 Å². The molecule has 1 aromatic heterocycles. The summed E-state index contributed by atoms with van der Waals surface area (Å²) in [4.78, 5) is 3.15. The van der Waals surface area contributed by atoms with Gasteiger partial charge in [-0.1, -0.05) is 0 Å². The molecule has 0 aromatic carbocycles. The molecule has 0 atom stereocenters. The summed E-state index contributed by atoms with van der Waals surface area (Å²) in [6, 6.07) is 2.09. The van der Waals surface area contributed by atoms with Crippen LogP contribution in [0.15, 0.2) is 10.5 Å². The van der Waals surface area contributed by atoms with Crippen LogP contribution in [0.4, 0.5) is 17.6 Å². The quantitative estimate of drug-likeness (QED) is 0.745. The molecule has 0 saturated heterocycles. The minimum absolute atomic E-state index is 0.505. The van der Waals surface area contributed by atoms with Gasteiger partial charge in [-0.05, 0) is 15.9 Å². The second-order valence-corrected chi connectivity index (χ2v) is 3.06. The topological polar surface area (TPSA) is 45.9 Å². The summed E-state index contributed by atoms with van der Waals surface area (Å²) >= 11 is 2.52. The van der Waals surface area contributed by atoms with Crippen LogP contribution in [0.3, 0.4) is 0 Å². The maximum absolute atomic E-state index is 12.9. The van der Waals surface area contributed by atoms with E-state index < -0.39 is 28.2 Å². The smallest absolute Gasteiger partial charge is 0.386 e. The maximum atomic E-state index is 12.9. The van der Waals surface area contributed by atoms with E-state index in [9.17, 15) is 17.6 Å². The minimum Gasteiger partial charge on any atom is -0.386 e. The number of alkyl halides is 3. The van der Waals surface area contributed by atoms with E-state index in [0.29, 0.717) is 6.07 Å². The zero-order valence-corrected chi connectivity index (χ0v) is 8.36. The van der Waals surface area contributed by atoms with Crippen LogP contribution in [0.1, 0.15) is 5.69 Å². The van der Waals surface area contributed by atoms with Crippen LogP contribution >= 0.6 is 15.9 Å². The Balaban J connectivity index is 3.18. The van der Waals surface area contributed by atoms with Crippen molar-refractivity contribution in [1.29, 1.82) is 5.26 Å². The van der Waals surface area contributed by atoms with Crippen molar-refractivity contribution in [3.63, 3.8) is 0 Å². The van der Waals surface area contributed by atoms with E-state index in [2.05, 4.69) is 25.7 Å². The van der Waals surface area contributed by atoms with Gasteiger partial charge in [0.05, 0.1) is 0 Å². The number of nitrogens with zero attached hydrogens (tertiary/aromatic N) is 2. The van der Waals surface area contributed by atoms with Gasteiger partial charge in [-0.2, -0.15) is 5.26 Å². The third kappa shape index (κ3) is 3.06. The van der Waals surface area contributed by atoms with E-state index in [1.54, 1.807) is 0 Å². The summed E-state index contributed by atoms with van der Waals surface area (Å²) in [5.41, 5.74) is -0.505. The number of hydrogen-bond donors (Lipinski definition) is 0. The van der Waals surface area contributed by atoms with Gasteiger partial charge in [0, 0.05) is 6.07 Å². The Bertz CT molecular complexity index is 426. The Kier molecular flexibility index (Phi) is 3.14. The van der Waals surface area contributed by atoms with E-state index in [1.807, 2.05) is 0 Å². The van der Waals surface area contributed by atoms with E-state index in [4.69, 9.17) is 5.26 Å². The number of hydrogen-bond acceptors (Lipinski definition) is 3. The van der Waals surface area contributed by atoms with Gasteiger partial charge in [0.15, 0.2) is 0 Å². The standard InChI is InChI=1S/C7HBrF4N2O/c8-5-4(9)1-3(2-13)14-6(5)15-7(10,11)12/h1H. The van der Waals surface area contributed by atoms with Crippen LogP contribution in [0.2, 0.25) is 0 Å². The van der Waals surface area contributed by atoms with E-state index in [0.717, 1.165) is 0 Å². The highest BCUT2D eigenvalue weighted by Gasteiger charge is 2.33. The number of pyridine rings is 1. The van der Waals surface area contributed by atoms with Crippen LogP contribution in [0.25, 0.3) is 0 Å². The predicted octanol–water partition coefficient (Wildman–Crippen LogP) is 2.75. The zero-order valence-electron chi connectivity index (χ0n) is 6.77. The lowest BCUT2D eigenvalue weighted by Gasteiger charge is -2.09. The molecule has 0 aliphatic rings. The molecule has 8 heteroatoms. The average Bonchev–Trinajstić information content (AvgIpc) is 2.10. The molecule has 80 valence electrons. The van der Waals surface area contributed by atoms with Gasteiger partial charge >= 0.3 is 6.36 Å². The fourth-order valence-electron chi connectivity index (χ4n) is 0.711. The molecule has 0 fully saturated rings. The van der Waals surface area contributed by atoms with Gasteiger partial charge < -0.3 is 4.74 Å². The lowest BCUT2D eigenvalue weighted by atomic mass is 10.3. The van der Waals surface area contributed by atoms with Crippen LogP contribution in [0, 0.1) is 17.1 Å². The van der Waals surface area contributed by atoms with Crippen molar-refractivity contribution in [3.8, 4) is 11.9 Å². The monoisotopic (exact) mass is 284 g/mol. The first-order valence-corrected chi connectivity index (χ1v) is 4.14. The summed E-state index contributed by atoms with van der Waals surface area (Å²) in [6.45, 7) is 0. The molecular formula is C7HBrF4N2O. The van der Waals surface area contributed by atoms with Gasteiger partial charge in [0.1, 0.15) is 22.1 Å². The molecule has 0 aliphatic carbocycles. The molecule has 0 spiro atoms. The SMILES string of the molecule is N#Cc1cc(F)c(Br)c(OC(F)(F)F)n1. The molecule has 1 aromatic rings. The molecule has 0 N–H and O–H groups in total. The highest BCUT2D eigenvalue weighted by atomic mass is 79.9. The lowest BCUT2D eigenvalue weighted by molar-refractivity contribution is -0.276. The zero-order chi connectivity index (χ0) is 11.6. The van der Waals surface area contributed by atoms with Crippen LogP contribution in [0.5, 0.6) is 5.88 Å². The first-order valence-electron chi connectivity index (χ1n) is 3.35. The molecule has 0 saturated carbocycles. The summed E-state index contributed by atoms with van der Waals surface area (Å²) in [6.07, 6.45) is -4.99. The molecular weight excluding hydrogens is 284 g/mol. The average molecular weight is 285 g/mol. The van der Waals surface area contributed by atoms with Gasteiger partial charge in [0.25, 0.3) is 0 Å². The maximum Gasteiger partial charge on any atom is 0.574 e. The van der Waals surface area contributed by atoms with Crippen molar-refractivity contribution >= 4 is 15.9 Å². The Morgan fingerprint density at radius 1 is 1.47 bits per heavy atom. The van der Waals surface area contributed by atoms with Crippen LogP contribution in [-0.4, -0.2) is 11.3 Å². The van der Waals surface area contributed by atoms with Gasteiger partial charge in [-0.25, -0.2) is 9.37 Å². The van der Waals surface area contributed by atoms with Crippen LogP contribution < -0.4 is 4.74 Å². The molecule has 3 nitrogen and oxygen atoms in total. The first-order chi connectivity index (χ1) is 6.83. The predicted molar refractivity (Wildman–Crippen MR) is 43.3 cm³/mol. The third-order valence-corrected chi connectivity index (χ3v) is 1.93. The highest BCUT2D eigenvalue weighted by Crippen LogP contribution is 2.30. The lowest BCUT2D eigenvalue weighted by Crippen LogP contribution is -2.18. The van der Waals surface area contributed by atoms with Crippen molar-refractivity contribution in [2.75, 3.05) is 0 Å². The number of rotatable bonds is 1. The van der Waals surface area contributed by atoms with Crippen molar-refractivity contribution < 1.29 is 22.3 Å². The highest BCUT2D eigenvalue weighted by molar-refractivity contribution is 9.10. The van der Waals surface area contributed by atoms with E-state index >= 15 is 0 Å². The summed E-state index contributed by atoms with van der Waals surface area (Å²) in [5.74, 6) is -2.08. The van der Waals surface area contributed by atoms with Gasteiger partial charge in [-0.3, -0.25) is 0 Å². The molecule has 15 heavy (non-hydrogen) atoms. The van der Waals surface area contributed by atoms with Gasteiger partial charge in [-0.15, -0.1) is 13.2 Å². The fourth-order valence-corrected chi connectivity index (χ4v) is 0.995. The Hall–Kier alpha value is -1.36. The van der Waals surface area contributed by atoms with Crippen molar-refractivity contribution in [2.45, 2.75) is 6.36 Å². The number of aromatic nitrogens is 1. The van der Waals surface area contributed by atoms with Crippen molar-refractivity contribution in [2.24, 2.45) is 0 Å². The first kappa shape index (κ1) is 11.7. The summed E-state index contributed by atoms with van der Waals surface area (Å²) in [7, 11) is 0. The summed E-state index contributed by atoms with van der Waals surface area (Å²) < 4.78 is 51.1. The van der Waals surface area contributed by atoms with Crippen LogP contribution in [-0.2, 0) is 0 Å². The molecule has 0 amide bonds. The number of ether oxygens (including phenoxy) is 1. The molecule has 0 unspecified atom stereocenters. The largest absolute Gasteiger partial charge is 0.574 e. The van der Waals surface area contributed by atoms with Crippen molar-refractivity contribution in [1.82, 2.24) is 4.98 Å². The molecule has 0 radical (unpaired) electrons.